The third-order valence-electron chi connectivity index (χ3n) is 10.2. The maximum atomic E-state index is 12.8. The molecule has 1 saturated heterocycles. The van der Waals surface area contributed by atoms with Crippen molar-refractivity contribution in [2.75, 3.05) is 0 Å². The summed E-state index contributed by atoms with van der Waals surface area (Å²) >= 11 is 0. The van der Waals surface area contributed by atoms with Crippen LogP contribution in [0.15, 0.2) is 11.6 Å². The van der Waals surface area contributed by atoms with E-state index < -0.39 is 5.60 Å². The van der Waals surface area contributed by atoms with Gasteiger partial charge in [0.1, 0.15) is 6.10 Å². The second-order valence-electron chi connectivity index (χ2n) is 11.0. The van der Waals surface area contributed by atoms with Gasteiger partial charge in [0, 0.05) is 18.3 Å². The van der Waals surface area contributed by atoms with E-state index in [0.29, 0.717) is 35.9 Å². The highest BCUT2D eigenvalue weighted by Crippen LogP contribution is 2.75. The van der Waals surface area contributed by atoms with Crippen LogP contribution in [0.3, 0.4) is 0 Å². The van der Waals surface area contributed by atoms with Gasteiger partial charge in [0.2, 0.25) is 0 Å². The minimum Gasteiger partial charge on any atom is -0.451 e. The Labute approximate surface area is 171 Å². The third kappa shape index (κ3) is 1.94. The van der Waals surface area contributed by atoms with E-state index in [1.807, 2.05) is 6.08 Å². The first-order chi connectivity index (χ1) is 13.6. The Bertz CT molecular complexity index is 890. The van der Waals surface area contributed by atoms with Crippen molar-refractivity contribution in [3.8, 4) is 0 Å². The van der Waals surface area contributed by atoms with Crippen molar-refractivity contribution in [2.24, 2.45) is 40.4 Å². The third-order valence-corrected chi connectivity index (χ3v) is 10.2. The van der Waals surface area contributed by atoms with Crippen molar-refractivity contribution in [1.82, 2.24) is 0 Å². The van der Waals surface area contributed by atoms with E-state index in [1.54, 1.807) is 6.92 Å². The second kappa shape index (κ2) is 5.22. The van der Waals surface area contributed by atoms with Crippen molar-refractivity contribution in [3.05, 3.63) is 11.6 Å². The smallest absolute Gasteiger partial charge is 0.303 e. The van der Waals surface area contributed by atoms with Crippen LogP contribution in [-0.4, -0.2) is 35.3 Å². The largest absolute Gasteiger partial charge is 0.451 e. The zero-order chi connectivity index (χ0) is 20.5. The number of rotatable bonds is 2. The first-order valence-electron chi connectivity index (χ1n) is 11.3. The Morgan fingerprint density at radius 3 is 2.52 bits per heavy atom. The lowest BCUT2D eigenvalue weighted by Gasteiger charge is -2.58. The van der Waals surface area contributed by atoms with Gasteiger partial charge in [-0.1, -0.05) is 13.8 Å². The lowest BCUT2D eigenvalue weighted by Crippen LogP contribution is -2.60. The van der Waals surface area contributed by atoms with Crippen molar-refractivity contribution < 1.29 is 23.9 Å². The topological polar surface area (TPSA) is 73.0 Å². The zero-order valence-electron chi connectivity index (χ0n) is 17.7. The fourth-order valence-corrected chi connectivity index (χ4v) is 8.76. The van der Waals surface area contributed by atoms with E-state index in [4.69, 9.17) is 9.47 Å². The molecule has 6 aliphatic rings. The van der Waals surface area contributed by atoms with Crippen LogP contribution >= 0.6 is 0 Å². The summed E-state index contributed by atoms with van der Waals surface area (Å²) in [5, 5.41) is 0. The summed E-state index contributed by atoms with van der Waals surface area (Å²) in [6.45, 7) is 7.57. The van der Waals surface area contributed by atoms with Crippen LogP contribution in [-0.2, 0) is 23.9 Å². The van der Waals surface area contributed by atoms with E-state index in [-0.39, 0.29) is 40.7 Å². The van der Waals surface area contributed by atoms with Gasteiger partial charge in [-0.25, -0.2) is 0 Å². The Morgan fingerprint density at radius 2 is 1.83 bits per heavy atom. The summed E-state index contributed by atoms with van der Waals surface area (Å²) < 4.78 is 12.1. The molecule has 5 heteroatoms. The van der Waals surface area contributed by atoms with Gasteiger partial charge in [-0.3, -0.25) is 14.4 Å². The monoisotopic (exact) mass is 398 g/mol. The maximum Gasteiger partial charge on any atom is 0.303 e. The molecule has 1 heterocycles. The van der Waals surface area contributed by atoms with Gasteiger partial charge in [0.05, 0.1) is 6.10 Å². The normalized spacial score (nSPS) is 56.1. The lowest BCUT2D eigenvalue weighted by atomic mass is 9.46. The maximum absolute atomic E-state index is 12.8. The van der Waals surface area contributed by atoms with Gasteiger partial charge in [-0.2, -0.15) is 0 Å². The number of epoxide rings is 1. The molecule has 5 nitrogen and oxygen atoms in total. The molecule has 6 rings (SSSR count). The highest BCUT2D eigenvalue weighted by atomic mass is 16.6. The molecule has 0 aromatic rings. The van der Waals surface area contributed by atoms with Crippen molar-refractivity contribution in [2.45, 2.75) is 77.6 Å². The Balaban J connectivity index is 1.42. The van der Waals surface area contributed by atoms with Crippen LogP contribution in [0, 0.1) is 40.4 Å². The molecule has 4 saturated carbocycles. The quantitative estimate of drug-likeness (QED) is 0.527. The molecule has 0 aromatic carbocycles. The number of hydrogen-bond acceptors (Lipinski definition) is 5. The van der Waals surface area contributed by atoms with Crippen molar-refractivity contribution >= 4 is 17.5 Å². The summed E-state index contributed by atoms with van der Waals surface area (Å²) in [4.78, 5) is 37.2. The van der Waals surface area contributed by atoms with E-state index in [9.17, 15) is 14.4 Å². The summed E-state index contributed by atoms with van der Waals surface area (Å²) in [7, 11) is 0. The molecule has 156 valence electrons. The van der Waals surface area contributed by atoms with E-state index in [0.717, 1.165) is 25.7 Å². The van der Waals surface area contributed by atoms with Gasteiger partial charge in [0.25, 0.3) is 0 Å². The van der Waals surface area contributed by atoms with Crippen LogP contribution in [0.1, 0.15) is 59.8 Å². The number of fused-ring (bicyclic) bond motifs is 10. The molecule has 0 aromatic heterocycles. The van der Waals surface area contributed by atoms with E-state index in [2.05, 4.69) is 13.8 Å². The first kappa shape index (κ1) is 18.3. The Kier molecular flexibility index (Phi) is 3.29. The predicted octanol–water partition coefficient (Wildman–Crippen LogP) is 3.25. The molecular formula is C24H30O5. The summed E-state index contributed by atoms with van der Waals surface area (Å²) in [5.74, 6) is 1.79. The number of ketones is 2. The molecule has 10 atom stereocenters. The standard InChI is InChI=1S/C24H30O5/c1-11(25)24(29-12(2)26)8-6-14-19-15(5-7-22(14,24)3)23(4)16-9-13(16)18(27)10-17(23)20-21(19)28-20/h10,13-16,19-21H,5-9H2,1-4H3/t13-,14?,15?,16+,19?,20-,21+,22+,23+,24+/m1/s1. The molecule has 1 aliphatic heterocycles. The van der Waals surface area contributed by atoms with Crippen LogP contribution in [0.25, 0.3) is 0 Å². The average Bonchev–Trinajstić information content (AvgIpc) is 3.54. The summed E-state index contributed by atoms with van der Waals surface area (Å²) in [6.07, 6.45) is 6.59. The van der Waals surface area contributed by atoms with E-state index in [1.165, 1.54) is 12.5 Å². The highest BCUT2D eigenvalue weighted by Gasteiger charge is 2.76. The van der Waals surface area contributed by atoms with Crippen LogP contribution < -0.4 is 0 Å². The van der Waals surface area contributed by atoms with Gasteiger partial charge in [-0.05, 0) is 79.8 Å². The molecule has 29 heavy (non-hydrogen) atoms. The molecular weight excluding hydrogens is 368 g/mol. The molecule has 5 aliphatic carbocycles. The number of esters is 1. The number of ether oxygens (including phenoxy) is 2. The number of carbonyl (C=O) groups excluding carboxylic acids is 3. The second-order valence-corrected chi connectivity index (χ2v) is 11.0. The van der Waals surface area contributed by atoms with Gasteiger partial charge in [0.15, 0.2) is 17.2 Å². The zero-order valence-corrected chi connectivity index (χ0v) is 17.7. The minimum atomic E-state index is -0.999. The highest BCUT2D eigenvalue weighted by molar-refractivity contribution is 5.96. The SMILES string of the molecule is CC(=O)O[C@]1(C(C)=O)CCC2C3C(CC[C@@]21C)[C@]1(C)C(=CC(=O)[C@@H]2C[C@@H]21)[C@H]1O[C@@H]31. The summed E-state index contributed by atoms with van der Waals surface area (Å²) in [5.41, 5.74) is -0.0364. The van der Waals surface area contributed by atoms with Gasteiger partial charge in [-0.15, -0.1) is 0 Å². The Hall–Kier alpha value is -1.49. The van der Waals surface area contributed by atoms with Crippen LogP contribution in [0.5, 0.6) is 0 Å². The molecule has 0 amide bonds. The van der Waals surface area contributed by atoms with Crippen LogP contribution in [0.2, 0.25) is 0 Å². The summed E-state index contributed by atoms with van der Waals surface area (Å²) in [6, 6.07) is 0. The Morgan fingerprint density at radius 1 is 1.10 bits per heavy atom. The van der Waals surface area contributed by atoms with E-state index >= 15 is 0 Å². The van der Waals surface area contributed by atoms with Gasteiger partial charge < -0.3 is 9.47 Å². The fourth-order valence-electron chi connectivity index (χ4n) is 8.76. The molecule has 0 spiro atoms. The number of Topliss-reactive ketones (excluding diaryl/α,β-unsaturated/α-hetero) is 1. The average molecular weight is 398 g/mol. The molecule has 0 radical (unpaired) electrons. The number of carbonyl (C=O) groups is 3. The molecule has 5 fully saturated rings. The molecule has 0 N–H and O–H groups in total. The van der Waals surface area contributed by atoms with Gasteiger partial charge >= 0.3 is 5.97 Å². The minimum absolute atomic E-state index is 0.0162. The van der Waals surface area contributed by atoms with Crippen molar-refractivity contribution in [3.63, 3.8) is 0 Å². The fraction of sp³-hybridized carbons (Fsp3) is 0.792. The lowest BCUT2D eigenvalue weighted by molar-refractivity contribution is -0.187. The molecule has 3 unspecified atom stereocenters. The van der Waals surface area contributed by atoms with Crippen molar-refractivity contribution in [1.29, 1.82) is 0 Å². The number of hydrogen-bond donors (Lipinski definition) is 0. The predicted molar refractivity (Wildman–Crippen MR) is 104 cm³/mol. The van der Waals surface area contributed by atoms with Crippen LogP contribution in [0.4, 0.5) is 0 Å². The molecule has 0 bridgehead atoms. The first-order valence-corrected chi connectivity index (χ1v) is 11.3.